The molecule has 0 amide bonds. The molecule has 1 aliphatic heterocycles. The number of hydrogen-bond acceptors (Lipinski definition) is 3. The molecule has 0 N–H and O–H groups in total. The highest BCUT2D eigenvalue weighted by atomic mass is 19.1. The van der Waals surface area contributed by atoms with E-state index in [1.165, 1.54) is 24.3 Å². The van der Waals surface area contributed by atoms with Crippen LogP contribution in [0.15, 0.2) is 24.3 Å². The Labute approximate surface area is 93.2 Å². The Morgan fingerprint density at radius 3 is 2.69 bits per heavy atom. The van der Waals surface area contributed by atoms with Gasteiger partial charge in [0.05, 0.1) is 5.92 Å². The number of rotatable bonds is 3. The molecule has 86 valence electrons. The number of ether oxygens (including phenoxy) is 2. The van der Waals surface area contributed by atoms with Crippen molar-refractivity contribution in [1.29, 1.82) is 0 Å². The van der Waals surface area contributed by atoms with Crippen molar-refractivity contribution in [1.82, 2.24) is 0 Å². The fourth-order valence-electron chi connectivity index (χ4n) is 1.67. The van der Waals surface area contributed by atoms with Crippen LogP contribution in [-0.2, 0) is 9.53 Å². The van der Waals surface area contributed by atoms with Crippen LogP contribution in [0.25, 0.3) is 0 Å². The zero-order chi connectivity index (χ0) is 11.5. The lowest BCUT2D eigenvalue weighted by Gasteiger charge is -2.11. The summed E-state index contributed by atoms with van der Waals surface area (Å²) in [7, 11) is 0. The number of carbonyl (C=O) groups excluding carboxylic acids is 1. The molecule has 0 radical (unpaired) electrons. The zero-order valence-electron chi connectivity index (χ0n) is 8.98. The molecule has 1 aliphatic rings. The molecule has 0 bridgehead atoms. The molecule has 16 heavy (non-hydrogen) atoms. The van der Waals surface area contributed by atoms with E-state index < -0.39 is 6.29 Å². The van der Waals surface area contributed by atoms with Crippen LogP contribution in [0.3, 0.4) is 0 Å². The minimum atomic E-state index is -0.539. The van der Waals surface area contributed by atoms with Crippen LogP contribution in [0.5, 0.6) is 5.75 Å². The first-order valence-corrected chi connectivity index (χ1v) is 5.31. The minimum absolute atomic E-state index is 0.0783. The summed E-state index contributed by atoms with van der Waals surface area (Å²) in [6, 6.07) is 5.65. The van der Waals surface area contributed by atoms with Crippen LogP contribution in [-0.4, -0.2) is 12.3 Å². The topological polar surface area (TPSA) is 35.5 Å². The van der Waals surface area contributed by atoms with Crippen molar-refractivity contribution in [3.8, 4) is 5.75 Å². The highest BCUT2D eigenvalue weighted by Gasteiger charge is 2.34. The van der Waals surface area contributed by atoms with Crippen molar-refractivity contribution < 1.29 is 18.7 Å². The van der Waals surface area contributed by atoms with Gasteiger partial charge in [-0.3, -0.25) is 4.79 Å². The maximum atomic E-state index is 12.6. The molecule has 3 nitrogen and oxygen atoms in total. The largest absolute Gasteiger partial charge is 0.455 e. The van der Waals surface area contributed by atoms with Crippen LogP contribution in [0.2, 0.25) is 0 Å². The maximum absolute atomic E-state index is 12.6. The molecule has 4 heteroatoms. The monoisotopic (exact) mass is 224 g/mol. The van der Waals surface area contributed by atoms with E-state index in [0.717, 1.165) is 6.42 Å². The molecule has 1 heterocycles. The third-order valence-electron chi connectivity index (χ3n) is 2.63. The van der Waals surface area contributed by atoms with E-state index in [0.29, 0.717) is 12.2 Å². The normalized spacial score (nSPS) is 24.2. The lowest BCUT2D eigenvalue weighted by Crippen LogP contribution is -2.15. The molecule has 1 unspecified atom stereocenters. The van der Waals surface area contributed by atoms with Crippen LogP contribution >= 0.6 is 0 Å². The molecule has 0 aromatic heterocycles. The Balaban J connectivity index is 1.96. The second-order valence-electron chi connectivity index (χ2n) is 3.78. The third-order valence-corrected chi connectivity index (χ3v) is 2.63. The van der Waals surface area contributed by atoms with Crippen molar-refractivity contribution in [2.45, 2.75) is 26.1 Å². The SMILES string of the molecule is CC[C@@H]1CC(Oc2ccc(F)cc2)OC1=O. The standard InChI is InChI=1S/C12H13FO3/c1-2-8-7-11(16-12(8)14)15-10-5-3-9(13)4-6-10/h3-6,8,11H,2,7H2,1H3/t8-,11?/m1/s1. The van der Waals surface area contributed by atoms with Gasteiger partial charge in [0.2, 0.25) is 6.29 Å². The van der Waals surface area contributed by atoms with Crippen LogP contribution < -0.4 is 4.74 Å². The van der Waals surface area contributed by atoms with Crippen molar-refractivity contribution in [2.24, 2.45) is 5.92 Å². The lowest BCUT2D eigenvalue weighted by molar-refractivity contribution is -0.152. The fourth-order valence-corrected chi connectivity index (χ4v) is 1.67. The minimum Gasteiger partial charge on any atom is -0.455 e. The van der Waals surface area contributed by atoms with Gasteiger partial charge < -0.3 is 9.47 Å². The van der Waals surface area contributed by atoms with E-state index >= 15 is 0 Å². The van der Waals surface area contributed by atoms with Crippen molar-refractivity contribution in [3.05, 3.63) is 30.1 Å². The Hall–Kier alpha value is -1.58. The summed E-state index contributed by atoms with van der Waals surface area (Å²) in [4.78, 5) is 11.3. The number of esters is 1. The first-order valence-electron chi connectivity index (χ1n) is 5.31. The molecule has 0 aliphatic carbocycles. The van der Waals surface area contributed by atoms with Gasteiger partial charge in [-0.15, -0.1) is 0 Å². The molecule has 1 saturated heterocycles. The predicted molar refractivity (Wildman–Crippen MR) is 55.3 cm³/mol. The highest BCUT2D eigenvalue weighted by molar-refractivity contribution is 5.74. The molecule has 2 atom stereocenters. The first kappa shape index (κ1) is 10.9. The van der Waals surface area contributed by atoms with Crippen molar-refractivity contribution >= 4 is 5.97 Å². The summed E-state index contributed by atoms with van der Waals surface area (Å²) < 4.78 is 23.1. The summed E-state index contributed by atoms with van der Waals surface area (Å²) in [5.41, 5.74) is 0. The van der Waals surface area contributed by atoms with Crippen LogP contribution in [0, 0.1) is 11.7 Å². The number of hydrogen-bond donors (Lipinski definition) is 0. The van der Waals surface area contributed by atoms with Gasteiger partial charge in [0.1, 0.15) is 11.6 Å². The number of halogens is 1. The van der Waals surface area contributed by atoms with E-state index in [4.69, 9.17) is 9.47 Å². The second kappa shape index (κ2) is 4.51. The molecule has 1 aromatic carbocycles. The van der Waals surface area contributed by atoms with Gasteiger partial charge in [0.15, 0.2) is 0 Å². The number of carbonyl (C=O) groups is 1. The van der Waals surface area contributed by atoms with Gasteiger partial charge in [0.25, 0.3) is 0 Å². The molecule has 1 aromatic rings. The van der Waals surface area contributed by atoms with Gasteiger partial charge >= 0.3 is 5.97 Å². The van der Waals surface area contributed by atoms with Crippen molar-refractivity contribution in [2.75, 3.05) is 0 Å². The Bertz CT molecular complexity index is 374. The predicted octanol–water partition coefficient (Wildman–Crippen LogP) is 2.50. The summed E-state index contributed by atoms with van der Waals surface area (Å²) in [6.07, 6.45) is 0.775. The number of cyclic esters (lactones) is 1. The van der Waals surface area contributed by atoms with Gasteiger partial charge in [0, 0.05) is 6.42 Å². The van der Waals surface area contributed by atoms with Gasteiger partial charge in [-0.1, -0.05) is 6.92 Å². The molecule has 2 rings (SSSR count). The fraction of sp³-hybridized carbons (Fsp3) is 0.417. The van der Waals surface area contributed by atoms with E-state index in [2.05, 4.69) is 0 Å². The van der Waals surface area contributed by atoms with Crippen LogP contribution in [0.4, 0.5) is 4.39 Å². The summed E-state index contributed by atoms with van der Waals surface area (Å²) >= 11 is 0. The van der Waals surface area contributed by atoms with Gasteiger partial charge in [-0.2, -0.15) is 0 Å². The Morgan fingerprint density at radius 2 is 2.12 bits per heavy atom. The quantitative estimate of drug-likeness (QED) is 0.740. The first-order chi connectivity index (χ1) is 7.69. The third kappa shape index (κ3) is 2.32. The Morgan fingerprint density at radius 1 is 1.44 bits per heavy atom. The molecule has 0 spiro atoms. The zero-order valence-corrected chi connectivity index (χ0v) is 8.98. The van der Waals surface area contributed by atoms with Gasteiger partial charge in [-0.05, 0) is 30.7 Å². The molecular weight excluding hydrogens is 211 g/mol. The van der Waals surface area contributed by atoms with Gasteiger partial charge in [-0.25, -0.2) is 4.39 Å². The van der Waals surface area contributed by atoms with Crippen LogP contribution in [0.1, 0.15) is 19.8 Å². The lowest BCUT2D eigenvalue weighted by atomic mass is 10.1. The average Bonchev–Trinajstić information content (AvgIpc) is 2.62. The summed E-state index contributed by atoms with van der Waals surface area (Å²) in [6.45, 7) is 1.94. The second-order valence-corrected chi connectivity index (χ2v) is 3.78. The van der Waals surface area contributed by atoms with E-state index in [-0.39, 0.29) is 17.7 Å². The van der Waals surface area contributed by atoms with Crippen molar-refractivity contribution in [3.63, 3.8) is 0 Å². The Kier molecular flexibility index (Phi) is 3.08. The summed E-state index contributed by atoms with van der Waals surface area (Å²) in [5, 5.41) is 0. The summed E-state index contributed by atoms with van der Waals surface area (Å²) in [5.74, 6) is -0.0989. The molecule has 1 fully saturated rings. The number of benzene rings is 1. The molecular formula is C12H13FO3. The average molecular weight is 224 g/mol. The smallest absolute Gasteiger partial charge is 0.312 e. The van der Waals surface area contributed by atoms with E-state index in [9.17, 15) is 9.18 Å². The maximum Gasteiger partial charge on any atom is 0.312 e. The van der Waals surface area contributed by atoms with E-state index in [1.807, 2.05) is 6.92 Å². The molecule has 0 saturated carbocycles. The van der Waals surface area contributed by atoms with E-state index in [1.54, 1.807) is 0 Å². The highest BCUT2D eigenvalue weighted by Crippen LogP contribution is 2.26.